The lowest BCUT2D eigenvalue weighted by atomic mass is 10.1. The van der Waals surface area contributed by atoms with Crippen LogP contribution in [0.5, 0.6) is 5.75 Å². The van der Waals surface area contributed by atoms with Gasteiger partial charge in [0.1, 0.15) is 12.4 Å². The summed E-state index contributed by atoms with van der Waals surface area (Å²) in [4.78, 5) is 4.84. The van der Waals surface area contributed by atoms with Gasteiger partial charge in [-0.15, -0.1) is 0 Å². The van der Waals surface area contributed by atoms with Gasteiger partial charge in [-0.2, -0.15) is 0 Å². The molecule has 1 atom stereocenters. The van der Waals surface area contributed by atoms with Crippen LogP contribution in [0.4, 0.5) is 5.69 Å². The molecule has 2 aliphatic rings. The van der Waals surface area contributed by atoms with Gasteiger partial charge in [-0.3, -0.25) is 4.90 Å². The summed E-state index contributed by atoms with van der Waals surface area (Å²) in [6, 6.07) is 8.48. The summed E-state index contributed by atoms with van der Waals surface area (Å²) in [7, 11) is -3.08. The quantitative estimate of drug-likeness (QED) is 0.758. The maximum Gasteiger partial charge on any atom is 0.155 e. The van der Waals surface area contributed by atoms with Crippen LogP contribution < -0.4 is 9.64 Å². The molecule has 0 aliphatic carbocycles. The van der Waals surface area contributed by atoms with Gasteiger partial charge < -0.3 is 9.64 Å². The van der Waals surface area contributed by atoms with Crippen LogP contribution in [0.25, 0.3) is 0 Å². The molecule has 1 aromatic carbocycles. The van der Waals surface area contributed by atoms with Crippen molar-refractivity contribution >= 4 is 15.5 Å². The van der Waals surface area contributed by atoms with Gasteiger partial charge in [0.2, 0.25) is 0 Å². The largest absolute Gasteiger partial charge is 0.489 e. The van der Waals surface area contributed by atoms with Crippen LogP contribution in [-0.2, 0) is 9.84 Å². The molecular weight excluding hydrogens is 348 g/mol. The maximum absolute atomic E-state index is 12.6. The van der Waals surface area contributed by atoms with Gasteiger partial charge in [0.15, 0.2) is 9.84 Å². The maximum atomic E-state index is 12.6. The summed E-state index contributed by atoms with van der Waals surface area (Å²) >= 11 is 0. The smallest absolute Gasteiger partial charge is 0.155 e. The highest BCUT2D eigenvalue weighted by atomic mass is 32.2. The van der Waals surface area contributed by atoms with Gasteiger partial charge in [0, 0.05) is 13.1 Å². The van der Waals surface area contributed by atoms with E-state index < -0.39 is 14.6 Å². The first-order valence-electron chi connectivity index (χ1n) is 9.58. The van der Waals surface area contributed by atoms with Crippen molar-refractivity contribution in [2.45, 2.75) is 63.9 Å². The van der Waals surface area contributed by atoms with Crippen molar-refractivity contribution in [2.24, 2.45) is 0 Å². The molecule has 26 heavy (non-hydrogen) atoms. The Kier molecular flexibility index (Phi) is 5.03. The Morgan fingerprint density at radius 3 is 2.65 bits per heavy atom. The highest BCUT2D eigenvalue weighted by Crippen LogP contribution is 2.43. The van der Waals surface area contributed by atoms with E-state index in [1.54, 1.807) is 0 Å². The molecule has 0 saturated carbocycles. The number of sulfone groups is 1. The van der Waals surface area contributed by atoms with E-state index in [0.717, 1.165) is 24.5 Å². The predicted octanol–water partition coefficient (Wildman–Crippen LogP) is 3.30. The first-order chi connectivity index (χ1) is 12.1. The van der Waals surface area contributed by atoms with Crippen molar-refractivity contribution in [3.63, 3.8) is 0 Å². The lowest BCUT2D eigenvalue weighted by Crippen LogP contribution is -2.52. The molecule has 0 N–H and O–H groups in total. The lowest BCUT2D eigenvalue weighted by molar-refractivity contribution is 0.176. The minimum absolute atomic E-state index is 0.158. The van der Waals surface area contributed by atoms with Gasteiger partial charge in [0.05, 0.1) is 27.9 Å². The highest BCUT2D eigenvalue weighted by molar-refractivity contribution is 7.92. The van der Waals surface area contributed by atoms with E-state index in [1.807, 2.05) is 39.0 Å². The number of rotatable bonds is 6. The molecule has 6 heteroatoms. The summed E-state index contributed by atoms with van der Waals surface area (Å²) in [6.45, 7) is 12.4. The number of fused-ring (bicyclic) bond motifs is 3. The Balaban J connectivity index is 1.70. The molecule has 1 saturated heterocycles. The normalized spacial score (nSPS) is 22.7. The zero-order chi connectivity index (χ0) is 19.2. The number of anilines is 1. The minimum Gasteiger partial charge on any atom is -0.489 e. The van der Waals surface area contributed by atoms with Crippen molar-refractivity contribution in [1.29, 1.82) is 0 Å². The summed E-state index contributed by atoms with van der Waals surface area (Å²) in [5.74, 6) is 1.18. The number of para-hydroxylation sites is 2. The molecule has 2 aliphatic heterocycles. The average Bonchev–Trinajstić information content (AvgIpc) is 2.85. The fraction of sp³-hybridized carbons (Fsp3) is 0.700. The number of hydrogen-bond acceptors (Lipinski definition) is 5. The molecule has 146 valence electrons. The summed E-state index contributed by atoms with van der Waals surface area (Å²) in [5, 5.41) is 0. The van der Waals surface area contributed by atoms with Crippen LogP contribution in [0.15, 0.2) is 24.3 Å². The van der Waals surface area contributed by atoms with Gasteiger partial charge >= 0.3 is 0 Å². The Labute approximate surface area is 158 Å². The highest BCUT2D eigenvalue weighted by Gasteiger charge is 2.48. The van der Waals surface area contributed by atoms with E-state index in [9.17, 15) is 8.42 Å². The third-order valence-corrected chi connectivity index (χ3v) is 9.05. The number of nitrogens with zero attached hydrogens (tertiary/aromatic N) is 2. The van der Waals surface area contributed by atoms with E-state index in [0.29, 0.717) is 25.5 Å². The van der Waals surface area contributed by atoms with Crippen molar-refractivity contribution < 1.29 is 13.2 Å². The minimum atomic E-state index is -3.08. The zero-order valence-electron chi connectivity index (χ0n) is 16.7. The summed E-state index contributed by atoms with van der Waals surface area (Å²) in [5.41, 5.74) is 0.977. The molecular formula is C20H32N2O3S. The van der Waals surface area contributed by atoms with E-state index in [4.69, 9.17) is 4.74 Å². The molecule has 2 heterocycles. The van der Waals surface area contributed by atoms with Crippen LogP contribution >= 0.6 is 0 Å². The molecule has 0 bridgehead atoms. The van der Waals surface area contributed by atoms with E-state index in [1.165, 1.54) is 0 Å². The Morgan fingerprint density at radius 1 is 1.27 bits per heavy atom. The molecule has 5 nitrogen and oxygen atoms in total. The predicted molar refractivity (Wildman–Crippen MR) is 107 cm³/mol. The molecule has 1 unspecified atom stereocenters. The summed E-state index contributed by atoms with van der Waals surface area (Å²) < 4.78 is 30.5. The van der Waals surface area contributed by atoms with Crippen LogP contribution in [-0.4, -0.2) is 55.2 Å². The second-order valence-electron chi connectivity index (χ2n) is 8.53. The number of hydrogen-bond donors (Lipinski definition) is 0. The molecule has 0 amide bonds. The van der Waals surface area contributed by atoms with Gasteiger partial charge in [-0.1, -0.05) is 19.1 Å². The Hall–Kier alpha value is -1.27. The Morgan fingerprint density at radius 2 is 1.96 bits per heavy atom. The monoisotopic (exact) mass is 380 g/mol. The fourth-order valence-electron chi connectivity index (χ4n) is 4.05. The second-order valence-corrected chi connectivity index (χ2v) is 11.3. The lowest BCUT2D eigenvalue weighted by Gasteiger charge is -2.43. The van der Waals surface area contributed by atoms with Crippen molar-refractivity contribution in [3.05, 3.63) is 24.3 Å². The molecule has 0 spiro atoms. The number of benzene rings is 1. The fourth-order valence-corrected chi connectivity index (χ4v) is 5.55. The van der Waals surface area contributed by atoms with Gasteiger partial charge in [-0.25, -0.2) is 8.42 Å². The molecule has 0 radical (unpaired) electrons. The second kappa shape index (κ2) is 6.71. The van der Waals surface area contributed by atoms with E-state index in [2.05, 4.69) is 29.7 Å². The Bertz CT molecular complexity index is 758. The van der Waals surface area contributed by atoms with Crippen LogP contribution in [0.1, 0.15) is 47.5 Å². The zero-order valence-corrected chi connectivity index (χ0v) is 17.5. The summed E-state index contributed by atoms with van der Waals surface area (Å²) in [6.07, 6.45) is 1.31. The van der Waals surface area contributed by atoms with E-state index >= 15 is 0 Å². The molecule has 0 aromatic heterocycles. The molecule has 3 rings (SSSR count). The van der Waals surface area contributed by atoms with Crippen LogP contribution in [0.3, 0.4) is 0 Å². The van der Waals surface area contributed by atoms with Crippen molar-refractivity contribution in [3.8, 4) is 5.75 Å². The van der Waals surface area contributed by atoms with Crippen LogP contribution in [0, 0.1) is 0 Å². The molecule has 1 aromatic rings. The van der Waals surface area contributed by atoms with Crippen molar-refractivity contribution in [1.82, 2.24) is 4.90 Å². The average molecular weight is 381 g/mol. The van der Waals surface area contributed by atoms with Crippen LogP contribution in [0.2, 0.25) is 0 Å². The van der Waals surface area contributed by atoms with Gasteiger partial charge in [0.25, 0.3) is 0 Å². The van der Waals surface area contributed by atoms with Crippen molar-refractivity contribution in [2.75, 3.05) is 30.3 Å². The van der Waals surface area contributed by atoms with E-state index in [-0.39, 0.29) is 11.4 Å². The third-order valence-electron chi connectivity index (χ3n) is 6.25. The first-order valence-corrected chi connectivity index (χ1v) is 11.2. The van der Waals surface area contributed by atoms with Gasteiger partial charge in [-0.05, 0) is 52.7 Å². The SMILES string of the molecule is CCC(C)(C)S(=O)(=O)CCCN1CC2COc3ccccc3N2C1(C)C. The number of ether oxygens (including phenoxy) is 1. The standard InChI is InChI=1S/C20H32N2O3S/c1-6-19(2,3)26(23,24)13-9-12-21-14-16-15-25-18-11-8-7-10-17(18)22(16)20(21,4)5/h7-8,10-11,16H,6,9,12-15H2,1-5H3. The first kappa shape index (κ1) is 19.5. The third kappa shape index (κ3) is 3.22. The topological polar surface area (TPSA) is 49.9 Å². The molecule has 1 fully saturated rings.